The average Bonchev–Trinajstić information content (AvgIpc) is 3.28. The number of hydrogen-bond donors (Lipinski definition) is 1. The van der Waals surface area contributed by atoms with Gasteiger partial charge in [-0.3, -0.25) is 4.98 Å². The Balaban J connectivity index is 1.78. The van der Waals surface area contributed by atoms with Crippen molar-refractivity contribution in [2.75, 3.05) is 0 Å². The van der Waals surface area contributed by atoms with Crippen molar-refractivity contribution in [3.63, 3.8) is 0 Å². The molecule has 2 heteroatoms. The van der Waals surface area contributed by atoms with Crippen molar-refractivity contribution >= 4 is 0 Å². The van der Waals surface area contributed by atoms with E-state index in [0.717, 1.165) is 12.1 Å². The molecule has 2 aromatic rings. The van der Waals surface area contributed by atoms with Crippen LogP contribution in [0.1, 0.15) is 42.1 Å². The smallest absolute Gasteiger partial charge is 0.0605 e. The number of pyridine rings is 1. The molecule has 1 aromatic carbocycles. The molecule has 1 fully saturated rings. The maximum absolute atomic E-state index is 6.44. The van der Waals surface area contributed by atoms with E-state index in [2.05, 4.69) is 48.3 Å². The van der Waals surface area contributed by atoms with E-state index in [4.69, 9.17) is 5.73 Å². The van der Waals surface area contributed by atoms with E-state index < -0.39 is 0 Å². The van der Waals surface area contributed by atoms with Crippen LogP contribution in [0.5, 0.6) is 0 Å². The molecule has 0 amide bonds. The third-order valence-electron chi connectivity index (χ3n) is 4.15. The van der Waals surface area contributed by atoms with Crippen LogP contribution < -0.4 is 5.73 Å². The van der Waals surface area contributed by atoms with Crippen LogP contribution >= 0.6 is 0 Å². The number of aromatic nitrogens is 1. The Kier molecular flexibility index (Phi) is 3.34. The highest BCUT2D eigenvalue weighted by Gasteiger charge is 2.43. The van der Waals surface area contributed by atoms with E-state index in [0.29, 0.717) is 11.8 Å². The molecule has 2 N–H and O–H groups in total. The van der Waals surface area contributed by atoms with Crippen molar-refractivity contribution in [1.82, 2.24) is 4.98 Å². The SMILES string of the molecule is CCc1cccnc1C(N)C1CC1c1ccccc1. The second-order valence-corrected chi connectivity index (χ2v) is 5.34. The molecule has 0 aliphatic heterocycles. The van der Waals surface area contributed by atoms with Gasteiger partial charge in [0.2, 0.25) is 0 Å². The van der Waals surface area contributed by atoms with Crippen molar-refractivity contribution in [3.05, 3.63) is 65.5 Å². The Morgan fingerprint density at radius 1 is 1.21 bits per heavy atom. The molecule has 0 spiro atoms. The molecular weight excluding hydrogens is 232 g/mol. The zero-order chi connectivity index (χ0) is 13.2. The fraction of sp³-hybridized carbons (Fsp3) is 0.353. The zero-order valence-electron chi connectivity index (χ0n) is 11.3. The van der Waals surface area contributed by atoms with Gasteiger partial charge in [0.05, 0.1) is 11.7 Å². The number of nitrogens with two attached hydrogens (primary N) is 1. The molecule has 2 nitrogen and oxygen atoms in total. The van der Waals surface area contributed by atoms with Crippen molar-refractivity contribution < 1.29 is 0 Å². The highest BCUT2D eigenvalue weighted by molar-refractivity contribution is 5.31. The lowest BCUT2D eigenvalue weighted by Gasteiger charge is -2.14. The first-order valence-corrected chi connectivity index (χ1v) is 7.05. The molecule has 1 aliphatic carbocycles. The van der Waals surface area contributed by atoms with E-state index >= 15 is 0 Å². The number of hydrogen-bond acceptors (Lipinski definition) is 2. The predicted molar refractivity (Wildman–Crippen MR) is 77.8 cm³/mol. The maximum atomic E-state index is 6.44. The molecule has 3 rings (SSSR count). The number of benzene rings is 1. The summed E-state index contributed by atoms with van der Waals surface area (Å²) in [5.74, 6) is 1.16. The van der Waals surface area contributed by atoms with Crippen LogP contribution in [-0.4, -0.2) is 4.98 Å². The molecular formula is C17H20N2. The van der Waals surface area contributed by atoms with Crippen LogP contribution in [0.2, 0.25) is 0 Å². The number of aryl methyl sites for hydroxylation is 1. The van der Waals surface area contributed by atoms with Gasteiger partial charge in [0.1, 0.15) is 0 Å². The van der Waals surface area contributed by atoms with Gasteiger partial charge in [-0.15, -0.1) is 0 Å². The normalized spacial score (nSPS) is 23.1. The van der Waals surface area contributed by atoms with Crippen LogP contribution in [0.4, 0.5) is 0 Å². The van der Waals surface area contributed by atoms with Gasteiger partial charge in [-0.2, -0.15) is 0 Å². The van der Waals surface area contributed by atoms with Gasteiger partial charge in [0, 0.05) is 6.20 Å². The summed E-state index contributed by atoms with van der Waals surface area (Å²) in [5, 5.41) is 0. The Morgan fingerprint density at radius 2 is 2.00 bits per heavy atom. The lowest BCUT2D eigenvalue weighted by molar-refractivity contribution is 0.592. The minimum Gasteiger partial charge on any atom is -0.322 e. The third kappa shape index (κ3) is 2.41. The van der Waals surface area contributed by atoms with Crippen molar-refractivity contribution in [2.45, 2.75) is 31.7 Å². The molecule has 3 atom stereocenters. The first-order chi connectivity index (χ1) is 9.31. The standard InChI is InChI=1S/C17H20N2/c1-2-12-9-6-10-19-17(12)16(18)15-11-14(15)13-7-4-3-5-8-13/h3-10,14-16H,2,11,18H2,1H3. The van der Waals surface area contributed by atoms with Gasteiger partial charge in [0.25, 0.3) is 0 Å². The molecule has 1 heterocycles. The number of rotatable bonds is 4. The Morgan fingerprint density at radius 3 is 2.74 bits per heavy atom. The van der Waals surface area contributed by atoms with E-state index in [-0.39, 0.29) is 6.04 Å². The summed E-state index contributed by atoms with van der Waals surface area (Å²) in [4.78, 5) is 4.51. The van der Waals surface area contributed by atoms with Crippen LogP contribution in [0.25, 0.3) is 0 Å². The molecule has 1 aromatic heterocycles. The van der Waals surface area contributed by atoms with Gasteiger partial charge in [-0.05, 0) is 41.9 Å². The van der Waals surface area contributed by atoms with Gasteiger partial charge in [0.15, 0.2) is 0 Å². The maximum Gasteiger partial charge on any atom is 0.0605 e. The highest BCUT2D eigenvalue weighted by Crippen LogP contribution is 2.53. The van der Waals surface area contributed by atoms with Gasteiger partial charge < -0.3 is 5.73 Å². The highest BCUT2D eigenvalue weighted by atomic mass is 14.8. The lowest BCUT2D eigenvalue weighted by Crippen LogP contribution is -2.17. The molecule has 0 bridgehead atoms. The summed E-state index contributed by atoms with van der Waals surface area (Å²) in [7, 11) is 0. The molecule has 19 heavy (non-hydrogen) atoms. The van der Waals surface area contributed by atoms with Gasteiger partial charge >= 0.3 is 0 Å². The van der Waals surface area contributed by atoms with Crippen molar-refractivity contribution in [3.8, 4) is 0 Å². The third-order valence-corrected chi connectivity index (χ3v) is 4.15. The summed E-state index contributed by atoms with van der Waals surface area (Å²) in [6, 6.07) is 14.9. The fourth-order valence-electron chi connectivity index (χ4n) is 2.95. The summed E-state index contributed by atoms with van der Waals surface area (Å²) in [5.41, 5.74) is 10.2. The fourth-order valence-corrected chi connectivity index (χ4v) is 2.95. The second-order valence-electron chi connectivity index (χ2n) is 5.34. The van der Waals surface area contributed by atoms with E-state index in [1.807, 2.05) is 12.3 Å². The lowest BCUT2D eigenvalue weighted by atomic mass is 9.99. The van der Waals surface area contributed by atoms with Crippen LogP contribution in [0.15, 0.2) is 48.7 Å². The Labute approximate surface area is 114 Å². The number of nitrogens with zero attached hydrogens (tertiary/aromatic N) is 1. The second kappa shape index (κ2) is 5.14. The Bertz CT molecular complexity index is 550. The van der Waals surface area contributed by atoms with E-state index in [1.54, 1.807) is 0 Å². The molecule has 1 saturated carbocycles. The van der Waals surface area contributed by atoms with Crippen LogP contribution in [0.3, 0.4) is 0 Å². The molecule has 0 saturated heterocycles. The molecule has 3 unspecified atom stereocenters. The zero-order valence-corrected chi connectivity index (χ0v) is 11.3. The summed E-state index contributed by atoms with van der Waals surface area (Å²) >= 11 is 0. The van der Waals surface area contributed by atoms with Crippen molar-refractivity contribution in [2.24, 2.45) is 11.7 Å². The van der Waals surface area contributed by atoms with E-state index in [1.165, 1.54) is 17.5 Å². The molecule has 0 radical (unpaired) electrons. The summed E-state index contributed by atoms with van der Waals surface area (Å²) in [6.45, 7) is 2.16. The minimum absolute atomic E-state index is 0.0707. The van der Waals surface area contributed by atoms with Crippen molar-refractivity contribution in [1.29, 1.82) is 0 Å². The largest absolute Gasteiger partial charge is 0.322 e. The summed E-state index contributed by atoms with van der Waals surface area (Å²) < 4.78 is 0. The average molecular weight is 252 g/mol. The van der Waals surface area contributed by atoms with Crippen LogP contribution in [-0.2, 0) is 6.42 Å². The Hall–Kier alpha value is -1.67. The first kappa shape index (κ1) is 12.4. The quantitative estimate of drug-likeness (QED) is 0.905. The van der Waals surface area contributed by atoms with E-state index in [9.17, 15) is 0 Å². The van der Waals surface area contributed by atoms with Gasteiger partial charge in [-0.25, -0.2) is 0 Å². The molecule has 1 aliphatic rings. The monoisotopic (exact) mass is 252 g/mol. The van der Waals surface area contributed by atoms with Crippen LogP contribution in [0, 0.1) is 5.92 Å². The minimum atomic E-state index is 0.0707. The molecule has 98 valence electrons. The predicted octanol–water partition coefficient (Wildman–Crippen LogP) is 3.45. The first-order valence-electron chi connectivity index (χ1n) is 7.05. The van der Waals surface area contributed by atoms with Gasteiger partial charge in [-0.1, -0.05) is 43.3 Å². The summed E-state index contributed by atoms with van der Waals surface area (Å²) in [6.07, 6.45) is 4.04. The topological polar surface area (TPSA) is 38.9 Å².